The van der Waals surface area contributed by atoms with Gasteiger partial charge in [-0.2, -0.15) is 0 Å². The van der Waals surface area contributed by atoms with E-state index in [1.54, 1.807) is 0 Å². The summed E-state index contributed by atoms with van der Waals surface area (Å²) < 4.78 is 0. The van der Waals surface area contributed by atoms with E-state index in [-0.39, 0.29) is 12.1 Å². The maximum atomic E-state index is 11.8. The van der Waals surface area contributed by atoms with Crippen molar-refractivity contribution in [1.82, 2.24) is 0 Å². The van der Waals surface area contributed by atoms with Crippen LogP contribution in [0.25, 0.3) is 0 Å². The van der Waals surface area contributed by atoms with E-state index in [2.05, 4.69) is 0 Å². The number of nitro benzene ring substituents is 1. The van der Waals surface area contributed by atoms with Crippen LogP contribution in [0.2, 0.25) is 0 Å². The number of ketones is 1. The lowest BCUT2D eigenvalue weighted by Crippen LogP contribution is -2.49. The van der Waals surface area contributed by atoms with Gasteiger partial charge in [0.1, 0.15) is 24.4 Å². The summed E-state index contributed by atoms with van der Waals surface area (Å²) in [6, 6.07) is 5.04. The zero-order chi connectivity index (χ0) is 16.9. The zero-order valence-electron chi connectivity index (χ0n) is 11.4. The van der Waals surface area contributed by atoms with Gasteiger partial charge in [0, 0.05) is 18.6 Å². The number of carbonyl (C=O) groups excluding carboxylic acids is 1. The van der Waals surface area contributed by atoms with E-state index in [1.807, 2.05) is 0 Å². The average Bonchev–Trinajstić information content (AvgIpc) is 2.52. The largest absolute Gasteiger partial charge is 0.394 e. The highest BCUT2D eigenvalue weighted by Crippen LogP contribution is 2.14. The first-order chi connectivity index (χ1) is 10.3. The molecule has 0 spiro atoms. The van der Waals surface area contributed by atoms with Gasteiger partial charge in [0.25, 0.3) is 5.69 Å². The van der Waals surface area contributed by atoms with Crippen LogP contribution in [-0.4, -0.2) is 67.3 Å². The number of non-ortho nitro benzene ring substituents is 1. The molecule has 0 saturated carbocycles. The Kier molecular flexibility index (Phi) is 6.53. The molecule has 0 aliphatic carbocycles. The van der Waals surface area contributed by atoms with Crippen molar-refractivity contribution in [3.05, 3.63) is 39.9 Å². The molecule has 122 valence electrons. The van der Waals surface area contributed by atoms with Crippen LogP contribution in [-0.2, 0) is 11.2 Å². The Morgan fingerprint density at radius 2 is 1.64 bits per heavy atom. The topological polar surface area (TPSA) is 161 Å². The lowest BCUT2D eigenvalue weighted by Gasteiger charge is -2.24. The van der Waals surface area contributed by atoms with Crippen molar-refractivity contribution in [1.29, 1.82) is 0 Å². The predicted molar refractivity (Wildman–Crippen MR) is 72.9 cm³/mol. The Hall–Kier alpha value is -1.91. The fraction of sp³-hybridized carbons (Fsp3) is 0.462. The van der Waals surface area contributed by atoms with Crippen molar-refractivity contribution in [2.75, 3.05) is 6.61 Å². The number of nitrogens with zero attached hydrogens (tertiary/aromatic N) is 1. The molecule has 1 aromatic rings. The van der Waals surface area contributed by atoms with Crippen molar-refractivity contribution in [2.24, 2.45) is 0 Å². The lowest BCUT2D eigenvalue weighted by atomic mass is 9.97. The van der Waals surface area contributed by atoms with Crippen LogP contribution in [0.1, 0.15) is 5.56 Å². The van der Waals surface area contributed by atoms with Gasteiger partial charge in [0.15, 0.2) is 5.78 Å². The molecule has 0 heterocycles. The number of hydrogen-bond acceptors (Lipinski definition) is 8. The smallest absolute Gasteiger partial charge is 0.269 e. The first-order valence-corrected chi connectivity index (χ1v) is 6.37. The van der Waals surface area contributed by atoms with Crippen LogP contribution in [0, 0.1) is 10.1 Å². The number of Topliss-reactive ketones (excluding diaryl/α,β-unsaturated/α-hetero) is 1. The first kappa shape index (κ1) is 18.1. The van der Waals surface area contributed by atoms with Gasteiger partial charge in [-0.15, -0.1) is 0 Å². The van der Waals surface area contributed by atoms with Crippen LogP contribution in [0.4, 0.5) is 5.69 Å². The van der Waals surface area contributed by atoms with E-state index in [1.165, 1.54) is 24.3 Å². The zero-order valence-corrected chi connectivity index (χ0v) is 11.4. The maximum Gasteiger partial charge on any atom is 0.269 e. The molecule has 0 radical (unpaired) electrons. The molecule has 0 bridgehead atoms. The number of aliphatic hydroxyl groups is 5. The monoisotopic (exact) mass is 315 g/mol. The third-order valence-electron chi connectivity index (χ3n) is 3.11. The molecule has 0 saturated heterocycles. The second-order valence-electron chi connectivity index (χ2n) is 4.74. The minimum atomic E-state index is -1.97. The SMILES string of the molecule is O=C(Cc1ccc([N+](=O)[O-])cc1)[C@H](O)[C@@H](O)[C@H](O)[C@H](O)CO. The molecule has 1 aromatic carbocycles. The molecule has 0 aliphatic rings. The minimum absolute atomic E-state index is 0.154. The molecule has 1 rings (SSSR count). The summed E-state index contributed by atoms with van der Waals surface area (Å²) in [5, 5.41) is 56.9. The Labute approximate surface area is 125 Å². The molecule has 9 heteroatoms. The Morgan fingerprint density at radius 1 is 1.09 bits per heavy atom. The first-order valence-electron chi connectivity index (χ1n) is 6.37. The number of aliphatic hydroxyl groups excluding tert-OH is 5. The molecule has 4 atom stereocenters. The van der Waals surface area contributed by atoms with Crippen molar-refractivity contribution in [3.8, 4) is 0 Å². The van der Waals surface area contributed by atoms with Crippen LogP contribution in [0.15, 0.2) is 24.3 Å². The Morgan fingerprint density at radius 3 is 2.09 bits per heavy atom. The summed E-state index contributed by atoms with van der Waals surface area (Å²) in [4.78, 5) is 21.7. The predicted octanol–water partition coefficient (Wildman–Crippen LogP) is -1.86. The number of carbonyl (C=O) groups is 1. The van der Waals surface area contributed by atoms with Gasteiger partial charge in [-0.25, -0.2) is 0 Å². The summed E-state index contributed by atoms with van der Waals surface area (Å²) in [5.41, 5.74) is 0.220. The standard InChI is InChI=1S/C13H17NO8/c15-6-10(17)12(19)13(20)11(18)9(16)5-7-1-3-8(4-2-7)14(21)22/h1-4,10-13,15,17-20H,5-6H2/t10-,11+,12-,13-/m1/s1. The maximum absolute atomic E-state index is 11.8. The van der Waals surface area contributed by atoms with Crippen LogP contribution in [0.3, 0.4) is 0 Å². The van der Waals surface area contributed by atoms with Crippen LogP contribution in [0.5, 0.6) is 0 Å². The number of hydrogen-bond donors (Lipinski definition) is 5. The van der Waals surface area contributed by atoms with Crippen LogP contribution < -0.4 is 0 Å². The van der Waals surface area contributed by atoms with Gasteiger partial charge < -0.3 is 25.5 Å². The normalized spacial score (nSPS) is 16.6. The van der Waals surface area contributed by atoms with Crippen molar-refractivity contribution >= 4 is 11.5 Å². The molecular weight excluding hydrogens is 298 g/mol. The highest BCUT2D eigenvalue weighted by molar-refractivity contribution is 5.85. The summed E-state index contributed by atoms with van der Waals surface area (Å²) in [5.74, 6) is -0.842. The molecule has 0 fully saturated rings. The van der Waals surface area contributed by atoms with E-state index in [9.17, 15) is 30.2 Å². The number of benzene rings is 1. The van der Waals surface area contributed by atoms with Gasteiger partial charge >= 0.3 is 0 Å². The van der Waals surface area contributed by atoms with E-state index < -0.39 is 41.7 Å². The second-order valence-corrected chi connectivity index (χ2v) is 4.74. The van der Waals surface area contributed by atoms with Gasteiger partial charge in [-0.05, 0) is 5.56 Å². The summed E-state index contributed by atoms with van der Waals surface area (Å²) in [6.45, 7) is -0.846. The lowest BCUT2D eigenvalue weighted by molar-refractivity contribution is -0.384. The van der Waals surface area contributed by atoms with E-state index in [0.29, 0.717) is 5.56 Å². The van der Waals surface area contributed by atoms with Gasteiger partial charge in [0.2, 0.25) is 0 Å². The molecule has 22 heavy (non-hydrogen) atoms. The van der Waals surface area contributed by atoms with Crippen molar-refractivity contribution < 1.29 is 35.3 Å². The van der Waals surface area contributed by atoms with Gasteiger partial charge in [-0.1, -0.05) is 12.1 Å². The average molecular weight is 315 g/mol. The summed E-state index contributed by atoms with van der Waals surface area (Å²) >= 11 is 0. The summed E-state index contributed by atoms with van der Waals surface area (Å²) in [7, 11) is 0. The third kappa shape index (κ3) is 4.55. The van der Waals surface area contributed by atoms with Gasteiger partial charge in [-0.3, -0.25) is 14.9 Å². The van der Waals surface area contributed by atoms with E-state index in [4.69, 9.17) is 10.2 Å². The number of rotatable bonds is 8. The third-order valence-corrected chi connectivity index (χ3v) is 3.11. The molecule has 9 nitrogen and oxygen atoms in total. The fourth-order valence-corrected chi connectivity index (χ4v) is 1.75. The number of nitro groups is 1. The molecule has 0 aromatic heterocycles. The highest BCUT2D eigenvalue weighted by atomic mass is 16.6. The fourth-order valence-electron chi connectivity index (χ4n) is 1.75. The quantitative estimate of drug-likeness (QED) is 0.276. The molecule has 5 N–H and O–H groups in total. The Balaban J connectivity index is 2.69. The molecule has 0 amide bonds. The van der Waals surface area contributed by atoms with E-state index >= 15 is 0 Å². The second kappa shape index (κ2) is 7.92. The Bertz CT molecular complexity index is 517. The minimum Gasteiger partial charge on any atom is -0.394 e. The van der Waals surface area contributed by atoms with E-state index in [0.717, 1.165) is 0 Å². The van der Waals surface area contributed by atoms with Crippen molar-refractivity contribution in [3.63, 3.8) is 0 Å². The van der Waals surface area contributed by atoms with Crippen molar-refractivity contribution in [2.45, 2.75) is 30.8 Å². The summed E-state index contributed by atoms with van der Waals surface area (Å²) in [6.07, 6.45) is -7.84. The highest BCUT2D eigenvalue weighted by Gasteiger charge is 2.33. The molecule has 0 aliphatic heterocycles. The molecular formula is C13H17NO8. The molecule has 0 unspecified atom stereocenters. The van der Waals surface area contributed by atoms with Crippen LogP contribution >= 0.6 is 0 Å². The van der Waals surface area contributed by atoms with Gasteiger partial charge in [0.05, 0.1) is 11.5 Å².